The van der Waals surface area contributed by atoms with Crippen molar-refractivity contribution in [2.45, 2.75) is 58.0 Å². The second-order valence-electron chi connectivity index (χ2n) is 11.1. The van der Waals surface area contributed by atoms with Crippen molar-refractivity contribution >= 4 is 12.0 Å². The molecule has 0 saturated heterocycles. The summed E-state index contributed by atoms with van der Waals surface area (Å²) < 4.78 is 5.54. The van der Waals surface area contributed by atoms with Crippen molar-refractivity contribution in [3.8, 4) is 0 Å². The zero-order valence-corrected chi connectivity index (χ0v) is 23.3. The lowest BCUT2D eigenvalue weighted by molar-refractivity contribution is -0.127. The number of amides is 2. The number of hydrogen-bond acceptors (Lipinski definition) is 5. The topological polar surface area (TPSA) is 99.1 Å². The van der Waals surface area contributed by atoms with Crippen molar-refractivity contribution in [1.82, 2.24) is 10.2 Å². The van der Waals surface area contributed by atoms with E-state index in [1.54, 1.807) is 0 Å². The number of ether oxygens (including phenoxy) is 1. The van der Waals surface area contributed by atoms with Crippen LogP contribution in [0.1, 0.15) is 48.6 Å². The third kappa shape index (κ3) is 8.16. The molecule has 4 rings (SSSR count). The molecule has 0 fully saturated rings. The van der Waals surface area contributed by atoms with Gasteiger partial charge >= 0.3 is 6.09 Å². The molecule has 4 atom stereocenters. The number of nitrogens with zero attached hydrogens (tertiary/aromatic N) is 1. The minimum atomic E-state index is -0.941. The molecule has 0 unspecified atom stereocenters. The highest BCUT2D eigenvalue weighted by Crippen LogP contribution is 2.32. The van der Waals surface area contributed by atoms with E-state index in [2.05, 4.69) is 5.32 Å². The molecule has 212 valence electrons. The predicted molar refractivity (Wildman–Crippen MR) is 154 cm³/mol. The molecule has 0 bridgehead atoms. The Labute approximate surface area is 236 Å². The standard InChI is InChI=1S/C33H40N2O5/c1-23(2)20-35(33(39)40-22-25-13-7-4-8-14-25)21-28(36)18-27(17-24-11-5-3-6-12-24)32(38)34-31-29-16-10-9-15-26(29)19-30(31)37/h3-16,23,27-28,30-31,36-37H,17-22H2,1-2H3,(H,34,38)/t27-,28+,30-,31+/m1/s1. The highest BCUT2D eigenvalue weighted by atomic mass is 16.6. The first-order chi connectivity index (χ1) is 19.3. The van der Waals surface area contributed by atoms with Gasteiger partial charge in [0.25, 0.3) is 0 Å². The highest BCUT2D eigenvalue weighted by Gasteiger charge is 2.34. The number of nitrogens with one attached hydrogen (secondary N) is 1. The molecule has 0 saturated carbocycles. The third-order valence-electron chi connectivity index (χ3n) is 7.23. The first-order valence-electron chi connectivity index (χ1n) is 14.0. The number of hydrogen-bond donors (Lipinski definition) is 3. The average molecular weight is 545 g/mol. The molecule has 3 aromatic carbocycles. The van der Waals surface area contributed by atoms with Crippen LogP contribution in [0.4, 0.5) is 4.79 Å². The van der Waals surface area contributed by atoms with Crippen molar-refractivity contribution in [3.05, 3.63) is 107 Å². The second kappa shape index (κ2) is 14.1. The van der Waals surface area contributed by atoms with Crippen LogP contribution in [-0.4, -0.2) is 52.4 Å². The minimum absolute atomic E-state index is 0.0548. The molecule has 7 nitrogen and oxygen atoms in total. The summed E-state index contributed by atoms with van der Waals surface area (Å²) in [6.45, 7) is 4.62. The monoisotopic (exact) mass is 544 g/mol. The van der Waals surface area contributed by atoms with E-state index in [1.807, 2.05) is 98.8 Å². The van der Waals surface area contributed by atoms with E-state index in [1.165, 1.54) is 4.90 Å². The molecule has 0 aromatic heterocycles. The number of carbonyl (C=O) groups excluding carboxylic acids is 2. The maximum atomic E-state index is 13.6. The van der Waals surface area contributed by atoms with Gasteiger partial charge in [-0.05, 0) is 41.0 Å². The Bertz CT molecular complexity index is 1230. The largest absolute Gasteiger partial charge is 0.445 e. The third-order valence-corrected chi connectivity index (χ3v) is 7.23. The summed E-state index contributed by atoms with van der Waals surface area (Å²) in [7, 11) is 0. The number of carbonyl (C=O) groups is 2. The first-order valence-corrected chi connectivity index (χ1v) is 14.0. The van der Waals surface area contributed by atoms with Gasteiger partial charge in [-0.3, -0.25) is 4.79 Å². The van der Waals surface area contributed by atoms with Crippen LogP contribution in [0.15, 0.2) is 84.9 Å². The quantitative estimate of drug-likeness (QED) is 0.308. The van der Waals surface area contributed by atoms with Crippen LogP contribution in [0.3, 0.4) is 0 Å². The lowest BCUT2D eigenvalue weighted by Gasteiger charge is -2.28. The summed E-state index contributed by atoms with van der Waals surface area (Å²) in [5, 5.41) is 24.9. The Balaban J connectivity index is 1.44. The van der Waals surface area contributed by atoms with Crippen molar-refractivity contribution in [1.29, 1.82) is 0 Å². The van der Waals surface area contributed by atoms with Gasteiger partial charge < -0.3 is 25.2 Å². The van der Waals surface area contributed by atoms with E-state index in [9.17, 15) is 19.8 Å². The van der Waals surface area contributed by atoms with Gasteiger partial charge in [0, 0.05) is 25.4 Å². The summed E-state index contributed by atoms with van der Waals surface area (Å²) in [5.74, 6) is -0.617. The van der Waals surface area contributed by atoms with E-state index < -0.39 is 30.3 Å². The summed E-state index contributed by atoms with van der Waals surface area (Å²) in [4.78, 5) is 28.1. The van der Waals surface area contributed by atoms with Gasteiger partial charge in [0.05, 0.1) is 18.2 Å². The Morgan fingerprint density at radius 1 is 0.925 bits per heavy atom. The highest BCUT2D eigenvalue weighted by molar-refractivity contribution is 5.80. The van der Waals surface area contributed by atoms with Crippen molar-refractivity contribution in [3.63, 3.8) is 0 Å². The second-order valence-corrected chi connectivity index (χ2v) is 11.1. The molecule has 0 spiro atoms. The molecule has 2 amide bonds. The Morgan fingerprint density at radius 3 is 2.23 bits per heavy atom. The molecule has 7 heteroatoms. The molecule has 40 heavy (non-hydrogen) atoms. The fourth-order valence-corrected chi connectivity index (χ4v) is 5.33. The maximum absolute atomic E-state index is 13.6. The summed E-state index contributed by atoms with van der Waals surface area (Å²) in [6.07, 6.45) is -1.07. The van der Waals surface area contributed by atoms with E-state index in [0.29, 0.717) is 19.4 Å². The number of fused-ring (bicyclic) bond motifs is 1. The lowest BCUT2D eigenvalue weighted by Crippen LogP contribution is -2.43. The number of benzene rings is 3. The van der Waals surface area contributed by atoms with Crippen LogP contribution in [0.5, 0.6) is 0 Å². The molecule has 1 aliphatic carbocycles. The molecular formula is C33H40N2O5. The van der Waals surface area contributed by atoms with Gasteiger partial charge in [-0.25, -0.2) is 4.79 Å². The number of rotatable bonds is 12. The van der Waals surface area contributed by atoms with Crippen LogP contribution in [0.2, 0.25) is 0 Å². The summed E-state index contributed by atoms with van der Waals surface area (Å²) in [5.41, 5.74) is 3.81. The van der Waals surface area contributed by atoms with Gasteiger partial charge in [-0.15, -0.1) is 0 Å². The minimum Gasteiger partial charge on any atom is -0.445 e. The Morgan fingerprint density at radius 2 is 1.55 bits per heavy atom. The van der Waals surface area contributed by atoms with E-state index in [4.69, 9.17) is 4.74 Å². The van der Waals surface area contributed by atoms with Crippen molar-refractivity contribution < 1.29 is 24.5 Å². The smallest absolute Gasteiger partial charge is 0.410 e. The van der Waals surface area contributed by atoms with E-state index in [-0.39, 0.29) is 31.4 Å². The Hall–Kier alpha value is -3.68. The van der Waals surface area contributed by atoms with Crippen LogP contribution in [0.25, 0.3) is 0 Å². The van der Waals surface area contributed by atoms with Gasteiger partial charge in [-0.1, -0.05) is 98.8 Å². The molecule has 3 N–H and O–H groups in total. The zero-order valence-electron chi connectivity index (χ0n) is 23.3. The summed E-state index contributed by atoms with van der Waals surface area (Å²) in [6, 6.07) is 26.4. The van der Waals surface area contributed by atoms with E-state index >= 15 is 0 Å². The molecule has 0 radical (unpaired) electrons. The molecule has 0 heterocycles. The lowest BCUT2D eigenvalue weighted by atomic mass is 9.92. The fourth-order valence-electron chi connectivity index (χ4n) is 5.33. The SMILES string of the molecule is CC(C)CN(C[C@@H](O)C[C@@H](Cc1ccccc1)C(=O)N[C@H]1c2ccccc2C[C@H]1O)C(=O)OCc1ccccc1. The van der Waals surface area contributed by atoms with Gasteiger partial charge in [0.1, 0.15) is 6.61 Å². The van der Waals surface area contributed by atoms with Crippen LogP contribution < -0.4 is 5.32 Å². The predicted octanol–water partition coefficient (Wildman–Crippen LogP) is 4.67. The Kier molecular flexibility index (Phi) is 10.3. The van der Waals surface area contributed by atoms with Gasteiger partial charge in [0.2, 0.25) is 5.91 Å². The van der Waals surface area contributed by atoms with Crippen LogP contribution >= 0.6 is 0 Å². The number of aliphatic hydroxyl groups excluding tert-OH is 2. The molecule has 3 aromatic rings. The molecular weight excluding hydrogens is 504 g/mol. The van der Waals surface area contributed by atoms with Crippen LogP contribution in [-0.2, 0) is 29.0 Å². The van der Waals surface area contributed by atoms with Gasteiger partial charge in [-0.2, -0.15) is 0 Å². The normalized spacial score (nSPS) is 17.6. The van der Waals surface area contributed by atoms with Crippen LogP contribution in [0, 0.1) is 11.8 Å². The van der Waals surface area contributed by atoms with E-state index in [0.717, 1.165) is 22.3 Å². The van der Waals surface area contributed by atoms with Gasteiger partial charge in [0.15, 0.2) is 0 Å². The molecule has 1 aliphatic rings. The summed E-state index contributed by atoms with van der Waals surface area (Å²) >= 11 is 0. The maximum Gasteiger partial charge on any atom is 0.410 e. The van der Waals surface area contributed by atoms with Crippen molar-refractivity contribution in [2.24, 2.45) is 11.8 Å². The van der Waals surface area contributed by atoms with Crippen molar-refractivity contribution in [2.75, 3.05) is 13.1 Å². The number of aliphatic hydroxyl groups is 2. The molecule has 0 aliphatic heterocycles. The zero-order chi connectivity index (χ0) is 28.5. The fraction of sp³-hybridized carbons (Fsp3) is 0.394. The average Bonchev–Trinajstić information content (AvgIpc) is 3.26. The first kappa shape index (κ1) is 29.3.